The van der Waals surface area contributed by atoms with Gasteiger partial charge in [0.15, 0.2) is 0 Å². The van der Waals surface area contributed by atoms with Crippen LogP contribution in [-0.4, -0.2) is 16.3 Å². The quantitative estimate of drug-likeness (QED) is 0.523. The van der Waals surface area contributed by atoms with Gasteiger partial charge in [-0.05, 0) is 29.3 Å². The number of alkyl halides is 1. The molecule has 0 unspecified atom stereocenters. The van der Waals surface area contributed by atoms with E-state index in [1.807, 2.05) is 0 Å². The summed E-state index contributed by atoms with van der Waals surface area (Å²) < 4.78 is 0. The molecule has 14 heavy (non-hydrogen) atoms. The normalized spacial score (nSPS) is 22.3. The summed E-state index contributed by atoms with van der Waals surface area (Å²) in [5, 5.41) is 1.99. The zero-order chi connectivity index (χ0) is 10.4. The van der Waals surface area contributed by atoms with E-state index in [0.29, 0.717) is 5.41 Å². The third-order valence-corrected chi connectivity index (χ3v) is 5.81. The molecule has 0 aromatic carbocycles. The maximum atomic E-state index is 3.74. The summed E-state index contributed by atoms with van der Waals surface area (Å²) in [5.41, 5.74) is 0.617. The number of halogens is 1. The molecular formula is C12H23BrS. The molecule has 1 saturated carbocycles. The van der Waals surface area contributed by atoms with E-state index in [-0.39, 0.29) is 0 Å². The predicted octanol–water partition coefficient (Wildman–Crippen LogP) is 4.86. The van der Waals surface area contributed by atoms with Crippen molar-refractivity contribution in [1.29, 1.82) is 0 Å². The summed E-state index contributed by atoms with van der Waals surface area (Å²) in [7, 11) is 0. The molecule has 0 heterocycles. The zero-order valence-electron chi connectivity index (χ0n) is 9.52. The predicted molar refractivity (Wildman–Crippen MR) is 71.5 cm³/mol. The second-order valence-corrected chi connectivity index (χ2v) is 7.03. The van der Waals surface area contributed by atoms with Crippen molar-refractivity contribution in [3.05, 3.63) is 0 Å². The highest BCUT2D eigenvalue weighted by molar-refractivity contribution is 9.09. The van der Waals surface area contributed by atoms with Crippen LogP contribution in [0.1, 0.15) is 52.4 Å². The van der Waals surface area contributed by atoms with Gasteiger partial charge in [0.05, 0.1) is 0 Å². The Morgan fingerprint density at radius 3 is 2.14 bits per heavy atom. The van der Waals surface area contributed by atoms with E-state index in [1.165, 1.54) is 49.6 Å². The highest BCUT2D eigenvalue weighted by Crippen LogP contribution is 2.40. The van der Waals surface area contributed by atoms with E-state index in [9.17, 15) is 0 Å². The summed E-state index contributed by atoms with van der Waals surface area (Å²) in [6, 6.07) is 0. The molecule has 0 N–H and O–H groups in total. The van der Waals surface area contributed by atoms with Crippen LogP contribution >= 0.6 is 27.7 Å². The molecule has 1 aliphatic rings. The lowest BCUT2D eigenvalue weighted by atomic mass is 9.85. The second kappa shape index (κ2) is 6.42. The van der Waals surface area contributed by atoms with E-state index < -0.39 is 0 Å². The van der Waals surface area contributed by atoms with Gasteiger partial charge in [0.1, 0.15) is 0 Å². The number of hydrogen-bond acceptors (Lipinski definition) is 1. The van der Waals surface area contributed by atoms with Crippen molar-refractivity contribution in [3.8, 4) is 0 Å². The summed E-state index contributed by atoms with van der Waals surface area (Å²) in [4.78, 5) is 0. The van der Waals surface area contributed by atoms with E-state index in [2.05, 4.69) is 41.5 Å². The van der Waals surface area contributed by atoms with Crippen LogP contribution in [0.3, 0.4) is 0 Å². The van der Waals surface area contributed by atoms with Crippen molar-refractivity contribution >= 4 is 27.7 Å². The first-order chi connectivity index (χ1) is 6.68. The lowest BCUT2D eigenvalue weighted by molar-refractivity contribution is 0.334. The van der Waals surface area contributed by atoms with Gasteiger partial charge in [-0.1, -0.05) is 55.5 Å². The van der Waals surface area contributed by atoms with Crippen molar-refractivity contribution in [2.24, 2.45) is 5.41 Å². The summed E-state index contributed by atoms with van der Waals surface area (Å²) in [6.45, 7) is 4.62. The molecule has 1 fully saturated rings. The minimum Gasteiger partial charge on any atom is -0.159 e. The summed E-state index contributed by atoms with van der Waals surface area (Å²) in [6.07, 6.45) is 8.70. The molecule has 0 atom stereocenters. The van der Waals surface area contributed by atoms with Crippen molar-refractivity contribution in [3.63, 3.8) is 0 Å². The SMILES string of the molecule is CC(C)SCC1(CBr)CCCCCC1. The third-order valence-electron chi connectivity index (χ3n) is 3.17. The standard InChI is InChI=1S/C12H23BrS/c1-11(2)14-10-12(9-13)7-5-3-4-6-8-12/h11H,3-10H2,1-2H3. The van der Waals surface area contributed by atoms with Gasteiger partial charge in [-0.2, -0.15) is 11.8 Å². The van der Waals surface area contributed by atoms with Crippen molar-refractivity contribution in [2.45, 2.75) is 57.6 Å². The molecule has 0 nitrogen and oxygen atoms in total. The van der Waals surface area contributed by atoms with E-state index >= 15 is 0 Å². The maximum Gasteiger partial charge on any atom is 0.00958 e. The largest absolute Gasteiger partial charge is 0.159 e. The van der Waals surface area contributed by atoms with Gasteiger partial charge in [0, 0.05) is 5.33 Å². The van der Waals surface area contributed by atoms with E-state index in [1.54, 1.807) is 0 Å². The first-order valence-electron chi connectivity index (χ1n) is 5.86. The fourth-order valence-corrected chi connectivity index (χ4v) is 4.24. The Labute approximate surface area is 102 Å². The van der Waals surface area contributed by atoms with Gasteiger partial charge in [-0.3, -0.25) is 0 Å². The lowest BCUT2D eigenvalue weighted by Gasteiger charge is -2.31. The third kappa shape index (κ3) is 4.14. The zero-order valence-corrected chi connectivity index (χ0v) is 11.9. The van der Waals surface area contributed by atoms with Gasteiger partial charge >= 0.3 is 0 Å². The molecular weight excluding hydrogens is 256 g/mol. The fourth-order valence-electron chi connectivity index (χ4n) is 2.14. The van der Waals surface area contributed by atoms with Crippen molar-refractivity contribution in [1.82, 2.24) is 0 Å². The Bertz CT molecular complexity index is 148. The molecule has 0 radical (unpaired) electrons. The molecule has 1 rings (SSSR count). The van der Waals surface area contributed by atoms with Crippen LogP contribution in [0.4, 0.5) is 0 Å². The first kappa shape index (κ1) is 12.9. The number of thioether (sulfide) groups is 1. The van der Waals surface area contributed by atoms with Crippen LogP contribution in [0.15, 0.2) is 0 Å². The highest BCUT2D eigenvalue weighted by atomic mass is 79.9. The Morgan fingerprint density at radius 1 is 1.14 bits per heavy atom. The van der Waals surface area contributed by atoms with Crippen LogP contribution in [-0.2, 0) is 0 Å². The lowest BCUT2D eigenvalue weighted by Crippen LogP contribution is -2.25. The van der Waals surface area contributed by atoms with Crippen molar-refractivity contribution < 1.29 is 0 Å². The maximum absolute atomic E-state index is 3.74. The Morgan fingerprint density at radius 2 is 1.71 bits per heavy atom. The van der Waals surface area contributed by atoms with Crippen LogP contribution in [0.2, 0.25) is 0 Å². The molecule has 0 aromatic rings. The summed E-state index contributed by atoms with van der Waals surface area (Å²) in [5.74, 6) is 1.36. The molecule has 84 valence electrons. The van der Waals surface area contributed by atoms with E-state index in [4.69, 9.17) is 0 Å². The molecule has 0 saturated heterocycles. The Hall–Kier alpha value is 0.830. The van der Waals surface area contributed by atoms with Gasteiger partial charge in [-0.15, -0.1) is 0 Å². The minimum atomic E-state index is 0.617. The molecule has 0 aliphatic heterocycles. The number of rotatable bonds is 4. The van der Waals surface area contributed by atoms with Crippen LogP contribution in [0, 0.1) is 5.41 Å². The molecule has 2 heteroatoms. The van der Waals surface area contributed by atoms with Gasteiger partial charge in [0.25, 0.3) is 0 Å². The van der Waals surface area contributed by atoms with Gasteiger partial charge in [0.2, 0.25) is 0 Å². The van der Waals surface area contributed by atoms with E-state index in [0.717, 1.165) is 5.25 Å². The fraction of sp³-hybridized carbons (Fsp3) is 1.00. The van der Waals surface area contributed by atoms with Gasteiger partial charge < -0.3 is 0 Å². The molecule has 0 bridgehead atoms. The van der Waals surface area contributed by atoms with Crippen LogP contribution in [0.5, 0.6) is 0 Å². The Kier molecular flexibility index (Phi) is 5.91. The average molecular weight is 279 g/mol. The van der Waals surface area contributed by atoms with Crippen LogP contribution in [0.25, 0.3) is 0 Å². The first-order valence-corrected chi connectivity index (χ1v) is 8.03. The van der Waals surface area contributed by atoms with Crippen LogP contribution < -0.4 is 0 Å². The minimum absolute atomic E-state index is 0.617. The molecule has 1 aliphatic carbocycles. The average Bonchev–Trinajstić information content (AvgIpc) is 2.41. The van der Waals surface area contributed by atoms with Gasteiger partial charge in [-0.25, -0.2) is 0 Å². The Balaban J connectivity index is 2.45. The smallest absolute Gasteiger partial charge is 0.00958 e. The monoisotopic (exact) mass is 278 g/mol. The van der Waals surface area contributed by atoms with Crippen molar-refractivity contribution in [2.75, 3.05) is 11.1 Å². The molecule has 0 aromatic heterocycles. The topological polar surface area (TPSA) is 0 Å². The molecule has 0 amide bonds. The second-order valence-electron chi connectivity index (χ2n) is 4.91. The summed E-state index contributed by atoms with van der Waals surface area (Å²) >= 11 is 5.88. The number of hydrogen-bond donors (Lipinski definition) is 0. The molecule has 0 spiro atoms. The highest BCUT2D eigenvalue weighted by Gasteiger charge is 2.29.